The summed E-state index contributed by atoms with van der Waals surface area (Å²) in [5.74, 6) is 1.18. The summed E-state index contributed by atoms with van der Waals surface area (Å²) in [5, 5.41) is -0.0238. The summed E-state index contributed by atoms with van der Waals surface area (Å²) in [5.41, 5.74) is 1.10. The molecule has 0 radical (unpaired) electrons. The van der Waals surface area contributed by atoms with E-state index in [9.17, 15) is 0 Å². The first-order valence-electron chi connectivity index (χ1n) is 6.78. The van der Waals surface area contributed by atoms with E-state index in [0.717, 1.165) is 28.8 Å². The molecule has 112 valence electrons. The van der Waals surface area contributed by atoms with Crippen LogP contribution in [-0.2, 0) is 9.47 Å². The quantitative estimate of drug-likeness (QED) is 0.560. The molecule has 1 heterocycles. The summed E-state index contributed by atoms with van der Waals surface area (Å²) >= 11 is 10.1. The summed E-state index contributed by atoms with van der Waals surface area (Å²) in [7, 11) is 1.66. The van der Waals surface area contributed by atoms with Crippen molar-refractivity contribution in [2.24, 2.45) is 5.92 Å². The van der Waals surface area contributed by atoms with Crippen LogP contribution in [0.3, 0.4) is 0 Å². The summed E-state index contributed by atoms with van der Waals surface area (Å²) < 4.78 is 17.1. The highest BCUT2D eigenvalue weighted by molar-refractivity contribution is 9.10. The molecule has 0 aromatic heterocycles. The number of alkyl halides is 1. The van der Waals surface area contributed by atoms with Gasteiger partial charge >= 0.3 is 0 Å². The van der Waals surface area contributed by atoms with Gasteiger partial charge in [-0.25, -0.2) is 0 Å². The highest BCUT2D eigenvalue weighted by Crippen LogP contribution is 2.38. The Bertz CT molecular complexity index is 441. The molecule has 5 heteroatoms. The lowest BCUT2D eigenvalue weighted by molar-refractivity contribution is 0.120. The highest BCUT2D eigenvalue weighted by Gasteiger charge is 2.29. The van der Waals surface area contributed by atoms with Gasteiger partial charge in [-0.15, -0.1) is 11.6 Å². The van der Waals surface area contributed by atoms with Gasteiger partial charge in [0.25, 0.3) is 0 Å². The van der Waals surface area contributed by atoms with Crippen LogP contribution >= 0.6 is 27.5 Å². The van der Waals surface area contributed by atoms with Crippen molar-refractivity contribution in [1.29, 1.82) is 0 Å². The maximum absolute atomic E-state index is 6.57. The predicted molar refractivity (Wildman–Crippen MR) is 83.6 cm³/mol. The van der Waals surface area contributed by atoms with Gasteiger partial charge in [-0.05, 0) is 47.0 Å². The molecule has 0 N–H and O–H groups in total. The number of benzene rings is 1. The molecule has 3 atom stereocenters. The molecular weight excluding hydrogens is 344 g/mol. The molecule has 1 aromatic carbocycles. The second-order valence-electron chi connectivity index (χ2n) is 5.07. The largest absolute Gasteiger partial charge is 0.490 e. The zero-order valence-electron chi connectivity index (χ0n) is 11.8. The zero-order chi connectivity index (χ0) is 14.5. The molecule has 3 unspecified atom stereocenters. The molecule has 0 spiro atoms. The Morgan fingerprint density at radius 2 is 2.25 bits per heavy atom. The molecule has 2 rings (SSSR count). The summed E-state index contributed by atoms with van der Waals surface area (Å²) in [6, 6.07) is 6.00. The van der Waals surface area contributed by atoms with Crippen LogP contribution in [0, 0.1) is 5.92 Å². The first-order valence-corrected chi connectivity index (χ1v) is 8.01. The van der Waals surface area contributed by atoms with Gasteiger partial charge in [0.1, 0.15) is 12.4 Å². The summed E-state index contributed by atoms with van der Waals surface area (Å²) in [4.78, 5) is 0. The van der Waals surface area contributed by atoms with Crippen molar-refractivity contribution in [2.45, 2.75) is 24.8 Å². The number of methoxy groups -OCH3 is 1. The van der Waals surface area contributed by atoms with Crippen LogP contribution in [0.15, 0.2) is 22.7 Å². The van der Waals surface area contributed by atoms with Crippen LogP contribution in [0.1, 0.15) is 24.3 Å². The van der Waals surface area contributed by atoms with E-state index < -0.39 is 0 Å². The first-order chi connectivity index (χ1) is 9.61. The first kappa shape index (κ1) is 16.1. The minimum absolute atomic E-state index is 0.0238. The Morgan fingerprint density at radius 1 is 1.45 bits per heavy atom. The smallest absolute Gasteiger partial charge is 0.133 e. The minimum Gasteiger partial charge on any atom is -0.490 e. The summed E-state index contributed by atoms with van der Waals surface area (Å²) in [6.07, 6.45) is 1.32. The van der Waals surface area contributed by atoms with E-state index in [-0.39, 0.29) is 5.38 Å². The van der Waals surface area contributed by atoms with E-state index in [1.807, 2.05) is 18.2 Å². The molecule has 0 saturated carbocycles. The lowest BCUT2D eigenvalue weighted by Crippen LogP contribution is -2.09. The molecule has 1 saturated heterocycles. The third-order valence-electron chi connectivity index (χ3n) is 3.46. The third kappa shape index (κ3) is 4.10. The van der Waals surface area contributed by atoms with Gasteiger partial charge in [0.05, 0.1) is 29.2 Å². The fourth-order valence-electron chi connectivity index (χ4n) is 2.37. The van der Waals surface area contributed by atoms with Crippen LogP contribution in [-0.4, -0.2) is 33.0 Å². The second-order valence-corrected chi connectivity index (χ2v) is 6.40. The molecule has 0 bridgehead atoms. The van der Waals surface area contributed by atoms with Crippen LogP contribution < -0.4 is 4.74 Å². The van der Waals surface area contributed by atoms with E-state index in [4.69, 9.17) is 25.8 Å². The number of rotatable bonds is 6. The molecule has 1 fully saturated rings. The number of halogens is 2. The molecule has 0 amide bonds. The second kappa shape index (κ2) is 7.64. The van der Waals surface area contributed by atoms with Crippen molar-refractivity contribution >= 4 is 27.5 Å². The van der Waals surface area contributed by atoms with Crippen LogP contribution in [0.5, 0.6) is 5.75 Å². The Balaban J connectivity index is 2.00. The van der Waals surface area contributed by atoms with Crippen molar-refractivity contribution in [2.75, 3.05) is 26.9 Å². The fourth-order valence-corrected chi connectivity index (χ4v) is 3.19. The molecule has 20 heavy (non-hydrogen) atoms. The SMILES string of the molecule is COCCOc1ccc(C(Cl)C2COC(C)C2)cc1Br. The van der Waals surface area contributed by atoms with E-state index in [0.29, 0.717) is 25.2 Å². The third-order valence-corrected chi connectivity index (χ3v) is 4.69. The van der Waals surface area contributed by atoms with Crippen LogP contribution in [0.25, 0.3) is 0 Å². The van der Waals surface area contributed by atoms with Gasteiger partial charge in [0, 0.05) is 13.0 Å². The number of ether oxygens (including phenoxy) is 3. The normalized spacial score (nSPS) is 23.8. The fraction of sp³-hybridized carbons (Fsp3) is 0.600. The Morgan fingerprint density at radius 3 is 2.85 bits per heavy atom. The number of hydrogen-bond donors (Lipinski definition) is 0. The van der Waals surface area contributed by atoms with Crippen molar-refractivity contribution in [3.05, 3.63) is 28.2 Å². The van der Waals surface area contributed by atoms with Gasteiger partial charge in [-0.2, -0.15) is 0 Å². The monoisotopic (exact) mass is 362 g/mol. The van der Waals surface area contributed by atoms with Crippen molar-refractivity contribution < 1.29 is 14.2 Å². The van der Waals surface area contributed by atoms with Crippen molar-refractivity contribution in [1.82, 2.24) is 0 Å². The van der Waals surface area contributed by atoms with E-state index in [1.165, 1.54) is 0 Å². The van der Waals surface area contributed by atoms with Crippen molar-refractivity contribution in [3.8, 4) is 5.75 Å². The predicted octanol–water partition coefficient (Wildman–Crippen LogP) is 4.18. The Kier molecular flexibility index (Phi) is 6.15. The molecule has 3 nitrogen and oxygen atoms in total. The standard InChI is InChI=1S/C15H20BrClO3/c1-10-7-12(9-20-10)15(17)11-3-4-14(13(16)8-11)19-6-5-18-2/h3-4,8,10,12,15H,5-7,9H2,1-2H3. The lowest BCUT2D eigenvalue weighted by Gasteiger charge is -2.17. The average Bonchev–Trinajstić information content (AvgIpc) is 2.86. The number of hydrogen-bond acceptors (Lipinski definition) is 3. The molecular formula is C15H20BrClO3. The van der Waals surface area contributed by atoms with Crippen molar-refractivity contribution in [3.63, 3.8) is 0 Å². The molecule has 1 aliphatic heterocycles. The Hall–Kier alpha value is -0.290. The highest BCUT2D eigenvalue weighted by atomic mass is 79.9. The summed E-state index contributed by atoms with van der Waals surface area (Å²) in [6.45, 7) is 3.93. The minimum atomic E-state index is -0.0238. The average molecular weight is 364 g/mol. The molecule has 0 aliphatic carbocycles. The van der Waals surface area contributed by atoms with Crippen LogP contribution in [0.4, 0.5) is 0 Å². The van der Waals surface area contributed by atoms with Gasteiger partial charge < -0.3 is 14.2 Å². The lowest BCUT2D eigenvalue weighted by atomic mass is 9.96. The van der Waals surface area contributed by atoms with Gasteiger partial charge in [-0.3, -0.25) is 0 Å². The van der Waals surface area contributed by atoms with Gasteiger partial charge in [-0.1, -0.05) is 6.07 Å². The topological polar surface area (TPSA) is 27.7 Å². The maximum atomic E-state index is 6.57. The maximum Gasteiger partial charge on any atom is 0.133 e. The Labute approximate surface area is 133 Å². The van der Waals surface area contributed by atoms with E-state index in [1.54, 1.807) is 7.11 Å². The van der Waals surface area contributed by atoms with Gasteiger partial charge in [0.2, 0.25) is 0 Å². The van der Waals surface area contributed by atoms with Crippen LogP contribution in [0.2, 0.25) is 0 Å². The van der Waals surface area contributed by atoms with E-state index in [2.05, 4.69) is 22.9 Å². The van der Waals surface area contributed by atoms with Gasteiger partial charge in [0.15, 0.2) is 0 Å². The van der Waals surface area contributed by atoms with E-state index >= 15 is 0 Å². The molecule has 1 aliphatic rings. The molecule has 1 aromatic rings. The zero-order valence-corrected chi connectivity index (χ0v) is 14.1.